The van der Waals surface area contributed by atoms with Gasteiger partial charge in [-0.2, -0.15) is 13.2 Å². The molecule has 0 fully saturated rings. The van der Waals surface area contributed by atoms with Crippen molar-refractivity contribution in [3.63, 3.8) is 0 Å². The highest BCUT2D eigenvalue weighted by Gasteiger charge is 2.39. The van der Waals surface area contributed by atoms with Crippen molar-refractivity contribution in [2.45, 2.75) is 25.2 Å². The van der Waals surface area contributed by atoms with E-state index in [1.807, 2.05) is 0 Å². The molecule has 0 bridgehead atoms. The standard InChI is InChI=1S/C5H6F5/c6-3-1-2-4(7)5(8,9)10/h3-4H,1-2H2. The zero-order valence-electron chi connectivity index (χ0n) is 4.96. The van der Waals surface area contributed by atoms with Gasteiger partial charge in [-0.25, -0.2) is 8.78 Å². The van der Waals surface area contributed by atoms with Crippen LogP contribution < -0.4 is 0 Å². The molecule has 0 saturated carbocycles. The van der Waals surface area contributed by atoms with Crippen molar-refractivity contribution in [2.24, 2.45) is 0 Å². The van der Waals surface area contributed by atoms with Gasteiger partial charge in [0.2, 0.25) is 0 Å². The average Bonchev–Trinajstić information content (AvgIpc) is 1.80. The maximum atomic E-state index is 11.8. The van der Waals surface area contributed by atoms with E-state index in [2.05, 4.69) is 0 Å². The van der Waals surface area contributed by atoms with Crippen LogP contribution in [0.15, 0.2) is 0 Å². The summed E-state index contributed by atoms with van der Waals surface area (Å²) in [4.78, 5) is 0. The summed E-state index contributed by atoms with van der Waals surface area (Å²) in [6.45, 7) is 0.0122. The largest absolute Gasteiger partial charge is 0.419 e. The third-order valence-corrected chi connectivity index (χ3v) is 0.884. The summed E-state index contributed by atoms with van der Waals surface area (Å²) in [7, 11) is 0. The quantitative estimate of drug-likeness (QED) is 0.558. The molecule has 1 radical (unpaired) electrons. The lowest BCUT2D eigenvalue weighted by atomic mass is 10.2. The number of hydrogen-bond donors (Lipinski definition) is 0. The summed E-state index contributed by atoms with van der Waals surface area (Å²) in [6.07, 6.45) is -9.08. The minimum atomic E-state index is -4.84. The lowest BCUT2D eigenvalue weighted by molar-refractivity contribution is -0.181. The molecule has 1 unspecified atom stereocenters. The number of halogens is 5. The second-order valence-electron chi connectivity index (χ2n) is 1.74. The molecule has 0 saturated heterocycles. The topological polar surface area (TPSA) is 0 Å². The van der Waals surface area contributed by atoms with E-state index in [-0.39, 0.29) is 6.67 Å². The molecule has 0 aliphatic carbocycles. The smallest absolute Gasteiger partial charge is 0.244 e. The molecule has 61 valence electrons. The molecule has 0 aromatic heterocycles. The molecule has 0 heterocycles. The van der Waals surface area contributed by atoms with Crippen molar-refractivity contribution in [1.82, 2.24) is 0 Å². The Hall–Kier alpha value is -0.350. The minimum absolute atomic E-state index is 0.0122. The summed E-state index contributed by atoms with van der Waals surface area (Å²) in [5, 5.41) is 0. The number of hydrogen-bond acceptors (Lipinski definition) is 0. The van der Waals surface area contributed by atoms with Gasteiger partial charge >= 0.3 is 6.18 Å². The van der Waals surface area contributed by atoms with E-state index >= 15 is 0 Å². The van der Waals surface area contributed by atoms with E-state index in [0.29, 0.717) is 0 Å². The highest BCUT2D eigenvalue weighted by molar-refractivity contribution is 4.67. The van der Waals surface area contributed by atoms with Gasteiger partial charge in [0, 0.05) is 0 Å². The third kappa shape index (κ3) is 3.63. The zero-order valence-corrected chi connectivity index (χ0v) is 4.96. The fraction of sp³-hybridized carbons (Fsp3) is 0.800. The lowest BCUT2D eigenvalue weighted by Crippen LogP contribution is -2.23. The fourth-order valence-corrected chi connectivity index (χ4v) is 0.373. The Labute approximate surface area is 55.0 Å². The Balaban J connectivity index is 3.52. The molecular weight excluding hydrogens is 155 g/mol. The van der Waals surface area contributed by atoms with E-state index in [0.717, 1.165) is 0 Å². The Bertz CT molecular complexity index is 86.5. The Kier molecular flexibility index (Phi) is 3.60. The molecule has 0 aromatic carbocycles. The average molecular weight is 161 g/mol. The van der Waals surface area contributed by atoms with Crippen molar-refractivity contribution < 1.29 is 22.0 Å². The monoisotopic (exact) mass is 161 g/mol. The third-order valence-electron chi connectivity index (χ3n) is 0.884. The molecular formula is C5H6F5. The molecule has 0 aliphatic rings. The van der Waals surface area contributed by atoms with Crippen molar-refractivity contribution in [2.75, 3.05) is 0 Å². The van der Waals surface area contributed by atoms with Crippen LogP contribution in [0.3, 0.4) is 0 Å². The van der Waals surface area contributed by atoms with E-state index in [1.165, 1.54) is 0 Å². The fourth-order valence-electron chi connectivity index (χ4n) is 0.373. The molecule has 5 heteroatoms. The Morgan fingerprint density at radius 1 is 1.30 bits per heavy atom. The summed E-state index contributed by atoms with van der Waals surface area (Å²) in [5.74, 6) is 0. The number of rotatable bonds is 3. The van der Waals surface area contributed by atoms with Crippen LogP contribution in [0.4, 0.5) is 22.0 Å². The highest BCUT2D eigenvalue weighted by Crippen LogP contribution is 2.26. The van der Waals surface area contributed by atoms with Gasteiger partial charge in [-0.15, -0.1) is 0 Å². The molecule has 0 aliphatic heterocycles. The van der Waals surface area contributed by atoms with Gasteiger partial charge < -0.3 is 0 Å². The van der Waals surface area contributed by atoms with Gasteiger partial charge in [0.15, 0.2) is 6.17 Å². The van der Waals surface area contributed by atoms with Crippen LogP contribution in [0.1, 0.15) is 12.8 Å². The number of alkyl halides is 4. The highest BCUT2D eigenvalue weighted by atomic mass is 19.4. The summed E-state index contributed by atoms with van der Waals surface area (Å²) in [6, 6.07) is 0. The zero-order chi connectivity index (χ0) is 8.20. The van der Waals surface area contributed by atoms with Gasteiger partial charge in [-0.3, -0.25) is 0 Å². The second-order valence-corrected chi connectivity index (χ2v) is 1.74. The molecule has 0 aromatic rings. The summed E-state index contributed by atoms with van der Waals surface area (Å²) < 4.78 is 56.7. The second kappa shape index (κ2) is 3.73. The van der Waals surface area contributed by atoms with Crippen LogP contribution in [-0.4, -0.2) is 12.3 Å². The van der Waals surface area contributed by atoms with Crippen molar-refractivity contribution >= 4 is 0 Å². The van der Waals surface area contributed by atoms with Crippen LogP contribution >= 0.6 is 0 Å². The predicted molar refractivity (Wildman–Crippen MR) is 25.6 cm³/mol. The molecule has 0 amide bonds. The first-order valence-corrected chi connectivity index (χ1v) is 2.61. The van der Waals surface area contributed by atoms with Gasteiger partial charge in [0.1, 0.15) is 6.67 Å². The predicted octanol–water partition coefficient (Wildman–Crippen LogP) is 2.80. The lowest BCUT2D eigenvalue weighted by Gasteiger charge is -2.09. The molecule has 0 nitrogen and oxygen atoms in total. The van der Waals surface area contributed by atoms with Crippen LogP contribution in [0.2, 0.25) is 0 Å². The van der Waals surface area contributed by atoms with Crippen molar-refractivity contribution in [3.05, 3.63) is 6.67 Å². The van der Waals surface area contributed by atoms with E-state index < -0.39 is 25.2 Å². The SMILES string of the molecule is F[CH]CCC(F)C(F)(F)F. The van der Waals surface area contributed by atoms with Crippen LogP contribution in [0.5, 0.6) is 0 Å². The first-order valence-electron chi connectivity index (χ1n) is 2.61. The summed E-state index contributed by atoms with van der Waals surface area (Å²) in [5.41, 5.74) is 0. The molecule has 1 atom stereocenters. The van der Waals surface area contributed by atoms with E-state index in [9.17, 15) is 22.0 Å². The van der Waals surface area contributed by atoms with Crippen LogP contribution in [-0.2, 0) is 0 Å². The first-order chi connectivity index (χ1) is 4.48. The van der Waals surface area contributed by atoms with Gasteiger partial charge in [0.05, 0.1) is 0 Å². The van der Waals surface area contributed by atoms with E-state index in [1.54, 1.807) is 0 Å². The maximum absolute atomic E-state index is 11.8. The van der Waals surface area contributed by atoms with Crippen molar-refractivity contribution in [3.8, 4) is 0 Å². The van der Waals surface area contributed by atoms with Crippen molar-refractivity contribution in [1.29, 1.82) is 0 Å². The Morgan fingerprint density at radius 2 is 1.80 bits per heavy atom. The normalized spacial score (nSPS) is 15.3. The van der Waals surface area contributed by atoms with Crippen LogP contribution in [0.25, 0.3) is 0 Å². The Morgan fingerprint density at radius 3 is 2.10 bits per heavy atom. The molecule has 0 rings (SSSR count). The molecule has 0 spiro atoms. The maximum Gasteiger partial charge on any atom is 0.419 e. The van der Waals surface area contributed by atoms with Gasteiger partial charge in [-0.1, -0.05) is 0 Å². The summed E-state index contributed by atoms with van der Waals surface area (Å²) >= 11 is 0. The molecule has 0 N–H and O–H groups in total. The van der Waals surface area contributed by atoms with Gasteiger partial charge in [0.25, 0.3) is 0 Å². The van der Waals surface area contributed by atoms with Gasteiger partial charge in [-0.05, 0) is 12.8 Å². The first kappa shape index (κ1) is 9.65. The van der Waals surface area contributed by atoms with Crippen LogP contribution in [0, 0.1) is 6.67 Å². The minimum Gasteiger partial charge on any atom is -0.244 e. The van der Waals surface area contributed by atoms with E-state index in [4.69, 9.17) is 0 Å². The molecule has 10 heavy (non-hydrogen) atoms.